The largest absolute Gasteiger partial charge is 0.461 e. The normalized spacial score (nSPS) is 10.4. The molecule has 0 aliphatic carbocycles. The van der Waals surface area contributed by atoms with Gasteiger partial charge in [-0.25, -0.2) is 0 Å². The van der Waals surface area contributed by atoms with Crippen molar-refractivity contribution in [2.75, 3.05) is 6.54 Å². The monoisotopic (exact) mass is 234 g/mol. The third kappa shape index (κ3) is 2.75. The summed E-state index contributed by atoms with van der Waals surface area (Å²) in [7, 11) is 0. The van der Waals surface area contributed by atoms with Crippen molar-refractivity contribution in [1.29, 1.82) is 0 Å². The number of carbonyl (C=O) groups is 1. The van der Waals surface area contributed by atoms with Crippen LogP contribution in [0.25, 0.3) is 11.5 Å². The Kier molecular flexibility index (Phi) is 3.59. The molecule has 0 saturated heterocycles. The molecule has 1 amide bonds. The van der Waals surface area contributed by atoms with Crippen LogP contribution in [0.4, 0.5) is 0 Å². The lowest BCUT2D eigenvalue weighted by atomic mass is 10.3. The van der Waals surface area contributed by atoms with Gasteiger partial charge < -0.3 is 14.3 Å². The van der Waals surface area contributed by atoms with E-state index in [1.165, 1.54) is 0 Å². The van der Waals surface area contributed by atoms with Crippen LogP contribution in [0.5, 0.6) is 0 Å². The number of hydrogen-bond donors (Lipinski definition) is 1. The van der Waals surface area contributed by atoms with E-state index in [4.69, 9.17) is 8.94 Å². The third-order valence-electron chi connectivity index (χ3n) is 2.32. The maximum Gasteiger partial charge on any atom is 0.273 e. The second kappa shape index (κ2) is 5.34. The Morgan fingerprint density at radius 2 is 2.35 bits per heavy atom. The summed E-state index contributed by atoms with van der Waals surface area (Å²) in [4.78, 5) is 11.6. The van der Waals surface area contributed by atoms with Crippen LogP contribution in [0.1, 0.15) is 30.3 Å². The summed E-state index contributed by atoms with van der Waals surface area (Å²) in [5.74, 6) is 0.792. The highest BCUT2D eigenvalue weighted by atomic mass is 16.5. The number of nitrogens with one attached hydrogen (secondary N) is 1. The molecule has 0 spiro atoms. The number of carbonyl (C=O) groups excluding carboxylic acids is 1. The molecule has 0 aliphatic heterocycles. The van der Waals surface area contributed by atoms with E-state index in [0.717, 1.165) is 12.8 Å². The molecule has 0 fully saturated rings. The van der Waals surface area contributed by atoms with E-state index in [-0.39, 0.29) is 11.6 Å². The molecule has 5 heteroatoms. The molecule has 2 heterocycles. The Morgan fingerprint density at radius 3 is 3.06 bits per heavy atom. The molecule has 0 saturated carbocycles. The van der Waals surface area contributed by atoms with Crippen molar-refractivity contribution in [2.24, 2.45) is 0 Å². The van der Waals surface area contributed by atoms with Crippen molar-refractivity contribution < 1.29 is 13.7 Å². The van der Waals surface area contributed by atoms with Crippen LogP contribution >= 0.6 is 0 Å². The summed E-state index contributed by atoms with van der Waals surface area (Å²) >= 11 is 0. The standard InChI is InChI=1S/C12H14N2O3/c1-2-3-6-13-12(15)9-8-11(17-14-9)10-5-4-7-16-10/h4-5,7-8H,2-3,6H2,1H3,(H,13,15). The van der Waals surface area contributed by atoms with Crippen LogP contribution < -0.4 is 5.32 Å². The van der Waals surface area contributed by atoms with Gasteiger partial charge in [0.25, 0.3) is 5.91 Å². The smallest absolute Gasteiger partial charge is 0.273 e. The lowest BCUT2D eigenvalue weighted by molar-refractivity contribution is 0.0944. The SMILES string of the molecule is CCCCNC(=O)c1cc(-c2ccco2)on1. The van der Waals surface area contributed by atoms with Gasteiger partial charge in [0.15, 0.2) is 11.5 Å². The van der Waals surface area contributed by atoms with Gasteiger partial charge in [-0.15, -0.1) is 0 Å². The zero-order valence-corrected chi connectivity index (χ0v) is 9.60. The zero-order chi connectivity index (χ0) is 12.1. The van der Waals surface area contributed by atoms with Gasteiger partial charge in [-0.3, -0.25) is 4.79 Å². The van der Waals surface area contributed by atoms with Crippen molar-refractivity contribution in [1.82, 2.24) is 10.5 Å². The summed E-state index contributed by atoms with van der Waals surface area (Å²) < 4.78 is 10.2. The molecule has 0 atom stereocenters. The second-order valence-corrected chi connectivity index (χ2v) is 3.66. The second-order valence-electron chi connectivity index (χ2n) is 3.66. The summed E-state index contributed by atoms with van der Waals surface area (Å²) in [5.41, 5.74) is 0.271. The van der Waals surface area contributed by atoms with E-state index < -0.39 is 0 Å². The Morgan fingerprint density at radius 1 is 1.47 bits per heavy atom. The average Bonchev–Trinajstić information content (AvgIpc) is 3.00. The van der Waals surface area contributed by atoms with Gasteiger partial charge in [-0.1, -0.05) is 18.5 Å². The first-order chi connectivity index (χ1) is 8.31. The topological polar surface area (TPSA) is 68.3 Å². The van der Waals surface area contributed by atoms with Gasteiger partial charge in [0, 0.05) is 12.6 Å². The molecular weight excluding hydrogens is 220 g/mol. The minimum absolute atomic E-state index is 0.222. The number of unbranched alkanes of at least 4 members (excludes halogenated alkanes) is 1. The van der Waals surface area contributed by atoms with E-state index in [1.807, 2.05) is 0 Å². The lowest BCUT2D eigenvalue weighted by Gasteiger charge is -1.99. The van der Waals surface area contributed by atoms with Crippen LogP contribution in [-0.4, -0.2) is 17.6 Å². The molecule has 90 valence electrons. The quantitative estimate of drug-likeness (QED) is 0.807. The molecule has 5 nitrogen and oxygen atoms in total. The molecular formula is C12H14N2O3. The predicted molar refractivity (Wildman–Crippen MR) is 61.4 cm³/mol. The van der Waals surface area contributed by atoms with Crippen LogP contribution in [0.2, 0.25) is 0 Å². The summed E-state index contributed by atoms with van der Waals surface area (Å²) in [5, 5.41) is 6.47. The Labute approximate surface area is 98.8 Å². The molecule has 0 radical (unpaired) electrons. The molecule has 0 aliphatic rings. The van der Waals surface area contributed by atoms with Crippen molar-refractivity contribution in [3.63, 3.8) is 0 Å². The molecule has 2 rings (SSSR count). The van der Waals surface area contributed by atoms with E-state index in [0.29, 0.717) is 18.1 Å². The number of aromatic nitrogens is 1. The Bertz CT molecular complexity index is 474. The number of hydrogen-bond acceptors (Lipinski definition) is 4. The first-order valence-corrected chi connectivity index (χ1v) is 5.60. The summed E-state index contributed by atoms with van der Waals surface area (Å²) in [6, 6.07) is 5.07. The van der Waals surface area contributed by atoms with Gasteiger partial charge in [-0.05, 0) is 18.6 Å². The highest BCUT2D eigenvalue weighted by molar-refractivity contribution is 5.92. The van der Waals surface area contributed by atoms with Crippen LogP contribution in [0.3, 0.4) is 0 Å². The Balaban J connectivity index is 2.01. The number of amides is 1. The zero-order valence-electron chi connectivity index (χ0n) is 9.60. The van der Waals surface area contributed by atoms with Crippen LogP contribution in [0.15, 0.2) is 33.4 Å². The summed E-state index contributed by atoms with van der Waals surface area (Å²) in [6.07, 6.45) is 3.53. The molecule has 0 unspecified atom stereocenters. The molecule has 2 aromatic rings. The van der Waals surface area contributed by atoms with Crippen LogP contribution in [-0.2, 0) is 0 Å². The van der Waals surface area contributed by atoms with Gasteiger partial charge >= 0.3 is 0 Å². The maximum absolute atomic E-state index is 11.6. The number of furan rings is 1. The van der Waals surface area contributed by atoms with Crippen molar-refractivity contribution in [3.05, 3.63) is 30.2 Å². The van der Waals surface area contributed by atoms with E-state index >= 15 is 0 Å². The minimum atomic E-state index is -0.222. The van der Waals surface area contributed by atoms with Crippen molar-refractivity contribution in [2.45, 2.75) is 19.8 Å². The first kappa shape index (κ1) is 11.4. The maximum atomic E-state index is 11.6. The highest BCUT2D eigenvalue weighted by Crippen LogP contribution is 2.20. The third-order valence-corrected chi connectivity index (χ3v) is 2.32. The predicted octanol–water partition coefficient (Wildman–Crippen LogP) is 2.46. The number of nitrogens with zero attached hydrogens (tertiary/aromatic N) is 1. The van der Waals surface area contributed by atoms with E-state index in [9.17, 15) is 4.79 Å². The minimum Gasteiger partial charge on any atom is -0.461 e. The van der Waals surface area contributed by atoms with Gasteiger partial charge in [-0.2, -0.15) is 0 Å². The molecule has 0 bridgehead atoms. The van der Waals surface area contributed by atoms with Gasteiger partial charge in [0.05, 0.1) is 6.26 Å². The molecule has 2 aromatic heterocycles. The average molecular weight is 234 g/mol. The fraction of sp³-hybridized carbons (Fsp3) is 0.333. The number of rotatable bonds is 5. The lowest BCUT2D eigenvalue weighted by Crippen LogP contribution is -2.24. The molecule has 1 N–H and O–H groups in total. The van der Waals surface area contributed by atoms with Crippen LogP contribution in [0, 0.1) is 0 Å². The Hall–Kier alpha value is -2.04. The van der Waals surface area contributed by atoms with E-state index in [1.54, 1.807) is 24.5 Å². The molecule has 17 heavy (non-hydrogen) atoms. The van der Waals surface area contributed by atoms with Gasteiger partial charge in [0.2, 0.25) is 5.76 Å². The highest BCUT2D eigenvalue weighted by Gasteiger charge is 2.14. The fourth-order valence-corrected chi connectivity index (χ4v) is 1.39. The van der Waals surface area contributed by atoms with Crippen molar-refractivity contribution >= 4 is 5.91 Å². The fourth-order valence-electron chi connectivity index (χ4n) is 1.39. The molecule has 0 aromatic carbocycles. The van der Waals surface area contributed by atoms with Crippen molar-refractivity contribution in [3.8, 4) is 11.5 Å². The van der Waals surface area contributed by atoms with E-state index in [2.05, 4.69) is 17.4 Å². The van der Waals surface area contributed by atoms with Gasteiger partial charge in [0.1, 0.15) is 0 Å². The first-order valence-electron chi connectivity index (χ1n) is 5.60. The summed E-state index contributed by atoms with van der Waals surface area (Å²) in [6.45, 7) is 2.72.